The molecule has 0 bridgehead atoms. The number of hydrogen-bond donors (Lipinski definition) is 0. The van der Waals surface area contributed by atoms with E-state index in [1.807, 2.05) is 0 Å². The maximum Gasteiger partial charge on any atom is 0.150 e. The van der Waals surface area contributed by atoms with Crippen LogP contribution in [0.2, 0.25) is 77.6 Å². The highest BCUT2D eigenvalue weighted by molar-refractivity contribution is 7.19. The van der Waals surface area contributed by atoms with E-state index in [-0.39, 0.29) is 0 Å². The maximum atomic E-state index is 6.54. The first-order valence-electron chi connectivity index (χ1n) is 7.07. The summed E-state index contributed by atoms with van der Waals surface area (Å²) in [6.45, 7) is 24.8. The highest BCUT2D eigenvalue weighted by Gasteiger charge is 2.44. The van der Waals surface area contributed by atoms with Crippen molar-refractivity contribution in [3.63, 3.8) is 0 Å². The molecule has 0 aromatic carbocycles. The van der Waals surface area contributed by atoms with Gasteiger partial charge in [-0.05, 0) is 12.1 Å². The third-order valence-corrected chi connectivity index (χ3v) is 22.8. The minimum absolute atomic E-state index is 1.22. The van der Waals surface area contributed by atoms with Gasteiger partial charge < -0.3 is 3.90 Å². The van der Waals surface area contributed by atoms with E-state index >= 15 is 0 Å². The first kappa shape index (κ1) is 19.1. The van der Waals surface area contributed by atoms with Crippen LogP contribution in [0.25, 0.3) is 0 Å². The summed E-state index contributed by atoms with van der Waals surface area (Å²) in [5.41, 5.74) is 0. The molecule has 0 atom stereocenters. The van der Waals surface area contributed by atoms with Crippen LogP contribution in [-0.2, 0) is 0 Å². The van der Waals surface area contributed by atoms with Crippen molar-refractivity contribution in [3.8, 4) is 0 Å². The van der Waals surface area contributed by atoms with Gasteiger partial charge in [0.15, 0.2) is 0 Å². The van der Waals surface area contributed by atoms with E-state index in [9.17, 15) is 0 Å². The van der Waals surface area contributed by atoms with Crippen LogP contribution in [0.3, 0.4) is 0 Å². The molecular weight excluding hydrogens is 306 g/mol. The molecule has 0 spiro atoms. The Bertz CT molecular complexity index is 259. The summed E-state index contributed by atoms with van der Waals surface area (Å²) in [4.78, 5) is 0. The molecule has 0 heterocycles. The molecule has 1 nitrogen and oxygen atoms in total. The standard InChI is InChI=1S/C12H34ClNSi4/c1-15(2,3)14(16(4,5)6)18(9,10)12-11-17(7,8)13/h11-12H2,1-10H3. The summed E-state index contributed by atoms with van der Waals surface area (Å²) in [5, 5.41) is 0. The van der Waals surface area contributed by atoms with Gasteiger partial charge in [0, 0.05) is 0 Å². The Kier molecular flexibility index (Phi) is 6.22. The molecule has 0 fully saturated rings. The summed E-state index contributed by atoms with van der Waals surface area (Å²) in [7, 11) is -5.18. The molecule has 0 N–H and O–H groups in total. The summed E-state index contributed by atoms with van der Waals surface area (Å²) < 4.78 is 3.06. The topological polar surface area (TPSA) is 3.24 Å². The molecule has 0 aliphatic carbocycles. The first-order valence-corrected chi connectivity index (χ1v) is 21.3. The Hall–Kier alpha value is 1.12. The summed E-state index contributed by atoms with van der Waals surface area (Å²) in [5.74, 6) is 0. The molecule has 0 unspecified atom stereocenters. The van der Waals surface area contributed by atoms with Crippen molar-refractivity contribution < 1.29 is 0 Å². The maximum absolute atomic E-state index is 6.54. The number of nitrogens with zero attached hydrogens (tertiary/aromatic N) is 1. The third-order valence-electron chi connectivity index (χ3n) is 3.28. The van der Waals surface area contributed by atoms with Gasteiger partial charge in [-0.1, -0.05) is 65.5 Å². The zero-order chi connectivity index (χ0) is 15.0. The quantitative estimate of drug-likeness (QED) is 0.449. The van der Waals surface area contributed by atoms with Gasteiger partial charge in [-0.15, -0.1) is 0 Å². The lowest BCUT2D eigenvalue weighted by Gasteiger charge is -2.53. The van der Waals surface area contributed by atoms with Crippen LogP contribution in [0.1, 0.15) is 0 Å². The Morgan fingerprint density at radius 2 is 1.00 bits per heavy atom. The molecule has 0 aromatic rings. The van der Waals surface area contributed by atoms with Gasteiger partial charge >= 0.3 is 0 Å². The molecule has 18 heavy (non-hydrogen) atoms. The number of hydrogen-bond acceptors (Lipinski definition) is 1. The summed E-state index contributed by atoms with van der Waals surface area (Å²) in [6.07, 6.45) is 0. The second kappa shape index (κ2) is 5.85. The van der Waals surface area contributed by atoms with Crippen LogP contribution >= 0.6 is 11.1 Å². The zero-order valence-electron chi connectivity index (χ0n) is 14.2. The van der Waals surface area contributed by atoms with Gasteiger partial charge in [-0.2, -0.15) is 11.1 Å². The molecule has 0 rings (SSSR count). The molecular formula is C12H34ClNSi4. The Morgan fingerprint density at radius 3 is 1.22 bits per heavy atom. The van der Waals surface area contributed by atoms with Crippen LogP contribution in [-0.4, -0.2) is 36.0 Å². The van der Waals surface area contributed by atoms with E-state index in [2.05, 4.69) is 69.4 Å². The lowest BCUT2D eigenvalue weighted by molar-refractivity contribution is 0.879. The average molecular weight is 340 g/mol. The van der Waals surface area contributed by atoms with Crippen LogP contribution in [0, 0.1) is 0 Å². The van der Waals surface area contributed by atoms with Gasteiger partial charge in [0.05, 0.1) is 0 Å². The van der Waals surface area contributed by atoms with Crippen molar-refractivity contribution in [1.82, 2.24) is 3.90 Å². The second-order valence-electron chi connectivity index (χ2n) is 8.71. The molecule has 0 radical (unpaired) electrons. The number of rotatable bonds is 6. The molecule has 0 aliphatic heterocycles. The van der Waals surface area contributed by atoms with Crippen LogP contribution < -0.4 is 0 Å². The van der Waals surface area contributed by atoms with Crippen molar-refractivity contribution in [3.05, 3.63) is 0 Å². The van der Waals surface area contributed by atoms with Gasteiger partial charge in [0.2, 0.25) is 0 Å². The predicted octanol–water partition coefficient (Wildman–Crippen LogP) is 5.61. The summed E-state index contributed by atoms with van der Waals surface area (Å²) in [6, 6.07) is 2.66. The zero-order valence-corrected chi connectivity index (χ0v) is 19.0. The SMILES string of the molecule is C[Si](C)(Cl)CC[Si](C)(C)N([Si](C)(C)C)[Si](C)(C)C. The normalized spacial score (nSPS) is 15.3. The van der Waals surface area contributed by atoms with E-state index in [0.717, 1.165) is 0 Å². The van der Waals surface area contributed by atoms with Crippen molar-refractivity contribution in [2.75, 3.05) is 0 Å². The predicted molar refractivity (Wildman–Crippen MR) is 99.0 cm³/mol. The molecule has 0 amide bonds. The Labute approximate surface area is 124 Å². The molecule has 6 heteroatoms. The van der Waals surface area contributed by atoms with Crippen LogP contribution in [0.5, 0.6) is 0 Å². The van der Waals surface area contributed by atoms with E-state index in [0.29, 0.717) is 0 Å². The molecule has 110 valence electrons. The van der Waals surface area contributed by atoms with E-state index < -0.39 is 32.1 Å². The monoisotopic (exact) mass is 339 g/mol. The van der Waals surface area contributed by atoms with Crippen molar-refractivity contribution in [1.29, 1.82) is 0 Å². The van der Waals surface area contributed by atoms with Gasteiger partial charge in [-0.3, -0.25) is 0 Å². The first-order chi connectivity index (χ1) is 7.57. The largest absolute Gasteiger partial charge is 0.369 e. The van der Waals surface area contributed by atoms with Crippen LogP contribution in [0.4, 0.5) is 0 Å². The highest BCUT2D eigenvalue weighted by atomic mass is 35.6. The summed E-state index contributed by atoms with van der Waals surface area (Å²) >= 11 is 6.54. The fourth-order valence-corrected chi connectivity index (χ4v) is 32.7. The molecule has 0 saturated heterocycles. The van der Waals surface area contributed by atoms with Crippen molar-refractivity contribution in [2.24, 2.45) is 0 Å². The second-order valence-corrected chi connectivity index (χ2v) is 31.2. The van der Waals surface area contributed by atoms with Crippen LogP contribution in [0.15, 0.2) is 0 Å². The van der Waals surface area contributed by atoms with Gasteiger partial charge in [-0.25, -0.2) is 0 Å². The van der Waals surface area contributed by atoms with E-state index in [4.69, 9.17) is 11.1 Å². The number of halogens is 1. The lowest BCUT2D eigenvalue weighted by Crippen LogP contribution is -2.69. The fraction of sp³-hybridized carbons (Fsp3) is 1.00. The van der Waals surface area contributed by atoms with Gasteiger partial charge in [0.1, 0.15) is 32.1 Å². The minimum atomic E-state index is -1.42. The van der Waals surface area contributed by atoms with Gasteiger partial charge in [0.25, 0.3) is 0 Å². The van der Waals surface area contributed by atoms with E-state index in [1.165, 1.54) is 12.1 Å². The Morgan fingerprint density at radius 1 is 0.667 bits per heavy atom. The third kappa shape index (κ3) is 6.52. The van der Waals surface area contributed by atoms with Crippen molar-refractivity contribution >= 4 is 43.2 Å². The highest BCUT2D eigenvalue weighted by Crippen LogP contribution is 2.32. The van der Waals surface area contributed by atoms with E-state index in [1.54, 1.807) is 0 Å². The molecule has 0 aliphatic rings. The minimum Gasteiger partial charge on any atom is -0.369 e. The lowest BCUT2D eigenvalue weighted by atomic mass is 10.9. The molecule has 0 saturated carbocycles. The molecule has 0 aromatic heterocycles. The average Bonchev–Trinajstić information content (AvgIpc) is 1.92. The van der Waals surface area contributed by atoms with Crippen molar-refractivity contribution in [2.45, 2.75) is 77.6 Å². The smallest absolute Gasteiger partial charge is 0.150 e. The Balaban J connectivity index is 5.12. The fourth-order valence-electron chi connectivity index (χ4n) is 3.54.